The molecule has 2 aromatic rings. The number of aromatic nitrogens is 1. The van der Waals surface area contributed by atoms with Crippen LogP contribution in [0.3, 0.4) is 0 Å². The summed E-state index contributed by atoms with van der Waals surface area (Å²) < 4.78 is 20.5. The van der Waals surface area contributed by atoms with Crippen LogP contribution in [0.1, 0.15) is 39.0 Å². The standard InChI is InChI=1S/C29H32BCl2N5O10S2/c1-13(25(40)46-30)47-36-18(17-21(32)49-27(34-17)35-28(42)45-29(2,3)4)22(38)33-19-23(39)37-20(15(10-31)12-48-24(19)37)26(41)44-11-14-6-8-16(43-5)9-7-14/h6-9,13,19,24H,10-12,30H2,1-5H3,(H,33,38)(H,34,35,42)/b36-18-/t13-,19?,24?/m0/s1. The number of ether oxygens (including phenoxy) is 3. The minimum atomic E-state index is -1.23. The highest BCUT2D eigenvalue weighted by molar-refractivity contribution is 8.00. The molecule has 2 unspecified atom stereocenters. The number of nitrogens with zero attached hydrogens (tertiary/aromatic N) is 3. The Morgan fingerprint density at radius 3 is 2.51 bits per heavy atom. The number of esters is 1. The number of hydrogen-bond acceptors (Lipinski definition) is 14. The predicted octanol–water partition coefficient (Wildman–Crippen LogP) is 2.99. The van der Waals surface area contributed by atoms with Gasteiger partial charge in [-0.05, 0) is 51.0 Å². The molecule has 0 aliphatic carbocycles. The highest BCUT2D eigenvalue weighted by Crippen LogP contribution is 2.41. The monoisotopic (exact) mass is 755 g/mol. The lowest BCUT2D eigenvalue weighted by atomic mass is 10.0. The van der Waals surface area contributed by atoms with E-state index in [-0.39, 0.29) is 39.1 Å². The Morgan fingerprint density at radius 2 is 1.90 bits per heavy atom. The molecule has 0 radical (unpaired) electrons. The van der Waals surface area contributed by atoms with Gasteiger partial charge in [-0.3, -0.25) is 19.8 Å². The summed E-state index contributed by atoms with van der Waals surface area (Å²) in [5.41, 5.74) is -0.313. The number of alkyl halides is 1. The van der Waals surface area contributed by atoms with Crippen molar-refractivity contribution in [3.8, 4) is 5.75 Å². The molecular weight excluding hydrogens is 724 g/mol. The normalized spacial score (nSPS) is 18.1. The minimum Gasteiger partial charge on any atom is -0.541 e. The van der Waals surface area contributed by atoms with Crippen LogP contribution in [0.2, 0.25) is 4.34 Å². The maximum Gasteiger partial charge on any atom is 0.413 e. The van der Waals surface area contributed by atoms with Crippen LogP contribution in [0, 0.1) is 0 Å². The van der Waals surface area contributed by atoms with E-state index in [4.69, 9.17) is 42.3 Å². The van der Waals surface area contributed by atoms with Gasteiger partial charge in [0.2, 0.25) is 6.10 Å². The van der Waals surface area contributed by atoms with Crippen molar-refractivity contribution < 1.29 is 47.7 Å². The van der Waals surface area contributed by atoms with E-state index >= 15 is 0 Å². The molecule has 1 aromatic heterocycles. The first-order valence-corrected chi connectivity index (χ1v) is 17.3. The number of fused-ring (bicyclic) bond motifs is 1. The number of amides is 3. The second-order valence-electron chi connectivity index (χ2n) is 11.3. The Labute approximate surface area is 300 Å². The highest BCUT2D eigenvalue weighted by atomic mass is 35.5. The Bertz CT molecular complexity index is 1680. The van der Waals surface area contributed by atoms with Gasteiger partial charge in [0.05, 0.1) is 7.11 Å². The van der Waals surface area contributed by atoms with Crippen LogP contribution < -0.4 is 15.4 Å². The second-order valence-corrected chi connectivity index (χ2v) is 14.3. The molecule has 1 aromatic carbocycles. The predicted molar refractivity (Wildman–Crippen MR) is 184 cm³/mol. The fourth-order valence-electron chi connectivity index (χ4n) is 4.35. The van der Waals surface area contributed by atoms with Gasteiger partial charge < -0.3 is 29.0 Å². The zero-order chi connectivity index (χ0) is 36.0. The molecule has 2 aliphatic rings. The van der Waals surface area contributed by atoms with Gasteiger partial charge in [-0.1, -0.05) is 40.2 Å². The fraction of sp³-hybridized carbons (Fsp3) is 0.414. The second kappa shape index (κ2) is 16.1. The van der Waals surface area contributed by atoms with Crippen LogP contribution in [0.15, 0.2) is 40.7 Å². The SMILES string of the molecule is BOC(=O)[C@H](C)O/N=C(\C(=O)NC1C(=O)N2C(C(=O)OCc3ccc(OC)cc3)=C(CCl)CSC12)c1nc(NC(=O)OC(C)(C)C)sc1Cl. The third-order valence-electron chi connectivity index (χ3n) is 6.69. The summed E-state index contributed by atoms with van der Waals surface area (Å²) in [5.74, 6) is -2.18. The quantitative estimate of drug-likeness (QED) is 0.0808. The Kier molecular flexibility index (Phi) is 12.5. The molecule has 1 fully saturated rings. The van der Waals surface area contributed by atoms with Crippen molar-refractivity contribution in [2.75, 3.05) is 24.1 Å². The molecule has 0 bridgehead atoms. The maximum atomic E-state index is 13.7. The molecule has 262 valence electrons. The average molecular weight is 756 g/mol. The molecule has 2 aliphatic heterocycles. The van der Waals surface area contributed by atoms with E-state index in [9.17, 15) is 24.0 Å². The van der Waals surface area contributed by atoms with E-state index in [1.807, 2.05) is 0 Å². The number of nitrogens with one attached hydrogen (secondary N) is 2. The first-order chi connectivity index (χ1) is 23.2. The van der Waals surface area contributed by atoms with Gasteiger partial charge in [-0.2, -0.15) is 0 Å². The topological polar surface area (TPSA) is 184 Å². The number of hydrogen-bond donors (Lipinski definition) is 2. The third-order valence-corrected chi connectivity index (χ3v) is 9.52. The number of rotatable bonds is 12. The zero-order valence-corrected chi connectivity index (χ0v) is 30.3. The molecule has 0 saturated carbocycles. The molecule has 3 amide bonds. The first-order valence-electron chi connectivity index (χ1n) is 14.5. The van der Waals surface area contributed by atoms with Gasteiger partial charge in [0.25, 0.3) is 11.8 Å². The Balaban J connectivity index is 1.53. The van der Waals surface area contributed by atoms with Crippen molar-refractivity contribution in [3.05, 3.63) is 51.1 Å². The lowest BCUT2D eigenvalue weighted by Gasteiger charge is -2.49. The van der Waals surface area contributed by atoms with Crippen LogP contribution in [0.4, 0.5) is 9.93 Å². The number of carbonyl (C=O) groups is 5. The molecule has 3 atom stereocenters. The molecule has 15 nitrogen and oxygen atoms in total. The smallest absolute Gasteiger partial charge is 0.413 e. The number of halogens is 2. The summed E-state index contributed by atoms with van der Waals surface area (Å²) in [4.78, 5) is 75.3. The summed E-state index contributed by atoms with van der Waals surface area (Å²) in [7, 11) is 2.68. The van der Waals surface area contributed by atoms with Gasteiger partial charge >= 0.3 is 26.1 Å². The minimum absolute atomic E-state index is 0.00675. The van der Waals surface area contributed by atoms with Gasteiger partial charge in [0, 0.05) is 11.6 Å². The molecule has 4 rings (SSSR count). The number of methoxy groups -OCH3 is 1. The number of carbonyl (C=O) groups excluding carboxylic acids is 5. The molecule has 3 heterocycles. The van der Waals surface area contributed by atoms with Gasteiger partial charge in [0.1, 0.15) is 45.1 Å². The number of thiazole rings is 1. The Hall–Kier alpha value is -4.00. The molecule has 1 saturated heterocycles. The summed E-state index contributed by atoms with van der Waals surface area (Å²) in [6.07, 6.45) is -2.05. The van der Waals surface area contributed by atoms with Crippen molar-refractivity contribution in [1.82, 2.24) is 15.2 Å². The zero-order valence-electron chi connectivity index (χ0n) is 27.2. The van der Waals surface area contributed by atoms with Gasteiger partial charge in [-0.15, -0.1) is 23.4 Å². The van der Waals surface area contributed by atoms with E-state index < -0.39 is 58.7 Å². The van der Waals surface area contributed by atoms with Crippen molar-refractivity contribution in [3.63, 3.8) is 0 Å². The van der Waals surface area contributed by atoms with E-state index in [1.54, 1.807) is 45.0 Å². The lowest BCUT2D eigenvalue weighted by Crippen LogP contribution is -2.71. The van der Waals surface area contributed by atoms with Crippen LogP contribution >= 0.6 is 46.3 Å². The molecule has 2 N–H and O–H groups in total. The van der Waals surface area contributed by atoms with E-state index in [1.165, 1.54) is 30.7 Å². The van der Waals surface area contributed by atoms with Gasteiger partial charge in [-0.25, -0.2) is 19.4 Å². The number of anilines is 1. The van der Waals surface area contributed by atoms with Crippen molar-refractivity contribution >= 4 is 95.0 Å². The van der Waals surface area contributed by atoms with Crippen LogP contribution in [-0.4, -0.2) is 95.4 Å². The van der Waals surface area contributed by atoms with Crippen LogP contribution in [0.5, 0.6) is 5.75 Å². The summed E-state index contributed by atoms with van der Waals surface area (Å²) >= 11 is 14.6. The molecule has 49 heavy (non-hydrogen) atoms. The largest absolute Gasteiger partial charge is 0.541 e. The molecular formula is C29H32BCl2N5O10S2. The maximum absolute atomic E-state index is 13.7. The third kappa shape index (κ3) is 9.17. The fourth-order valence-corrected chi connectivity index (χ4v) is 7.06. The first kappa shape index (κ1) is 37.8. The highest BCUT2D eigenvalue weighted by Gasteiger charge is 2.54. The van der Waals surface area contributed by atoms with Crippen LogP contribution in [-0.2, 0) is 44.8 Å². The van der Waals surface area contributed by atoms with E-state index in [0.29, 0.717) is 16.9 Å². The van der Waals surface area contributed by atoms with Crippen LogP contribution in [0.25, 0.3) is 0 Å². The van der Waals surface area contributed by atoms with Gasteiger partial charge in [0.15, 0.2) is 10.8 Å². The summed E-state index contributed by atoms with van der Waals surface area (Å²) in [6, 6.07) is 5.81. The number of benzene rings is 1. The number of thioether (sulfide) groups is 1. The summed E-state index contributed by atoms with van der Waals surface area (Å²) in [5, 5.41) is 8.14. The summed E-state index contributed by atoms with van der Waals surface area (Å²) in [6.45, 7) is 6.30. The average Bonchev–Trinajstić information content (AvgIpc) is 3.42. The Morgan fingerprint density at radius 1 is 1.20 bits per heavy atom. The van der Waals surface area contributed by atoms with Crippen molar-refractivity contribution in [1.29, 1.82) is 0 Å². The van der Waals surface area contributed by atoms with E-state index in [0.717, 1.165) is 19.4 Å². The van der Waals surface area contributed by atoms with E-state index in [2.05, 4.69) is 25.4 Å². The number of β-lactam (4-membered cyclic amide) rings is 1. The lowest BCUT2D eigenvalue weighted by molar-refractivity contribution is -0.153. The molecule has 20 heteroatoms. The van der Waals surface area contributed by atoms with Crippen molar-refractivity contribution in [2.45, 2.75) is 57.4 Å². The van der Waals surface area contributed by atoms with Crippen molar-refractivity contribution in [2.24, 2.45) is 5.16 Å². The molecule has 0 spiro atoms. The number of oxime groups is 1.